The van der Waals surface area contributed by atoms with Crippen molar-refractivity contribution >= 4 is 5.97 Å². The molecule has 14 heavy (non-hydrogen) atoms. The fraction of sp³-hybridized carbons (Fsp3) is 0.900. The van der Waals surface area contributed by atoms with E-state index in [9.17, 15) is 4.79 Å². The summed E-state index contributed by atoms with van der Waals surface area (Å²) in [5.74, 6) is -0.225. The van der Waals surface area contributed by atoms with Crippen LogP contribution in [0.3, 0.4) is 0 Å². The molecule has 2 saturated heterocycles. The first-order valence-corrected chi connectivity index (χ1v) is 5.24. The molecule has 2 aliphatic heterocycles. The van der Waals surface area contributed by atoms with Crippen LogP contribution in [0.25, 0.3) is 0 Å². The van der Waals surface area contributed by atoms with Crippen LogP contribution in [0, 0.1) is 0 Å². The Labute approximate surface area is 84.2 Å². The summed E-state index contributed by atoms with van der Waals surface area (Å²) in [5, 5.41) is 0. The summed E-state index contributed by atoms with van der Waals surface area (Å²) in [4.78, 5) is 13.1. The van der Waals surface area contributed by atoms with E-state index in [0.29, 0.717) is 12.6 Å². The minimum absolute atomic E-state index is 0.0771. The van der Waals surface area contributed by atoms with Crippen molar-refractivity contribution in [2.75, 3.05) is 26.3 Å². The van der Waals surface area contributed by atoms with Crippen molar-refractivity contribution in [3.63, 3.8) is 0 Å². The lowest BCUT2D eigenvalue weighted by Gasteiger charge is -2.34. The molecule has 0 amide bonds. The Kier molecular flexibility index (Phi) is 3.03. The van der Waals surface area contributed by atoms with E-state index in [4.69, 9.17) is 9.47 Å². The normalized spacial score (nSPS) is 32.6. The second-order valence-electron chi connectivity index (χ2n) is 4.05. The Balaban J connectivity index is 1.77. The molecule has 1 unspecified atom stereocenters. The molecule has 2 heterocycles. The van der Waals surface area contributed by atoms with Gasteiger partial charge < -0.3 is 9.47 Å². The fourth-order valence-electron chi connectivity index (χ4n) is 2.20. The van der Waals surface area contributed by atoms with Crippen molar-refractivity contribution in [3.8, 4) is 0 Å². The first kappa shape index (κ1) is 9.93. The van der Waals surface area contributed by atoms with E-state index < -0.39 is 0 Å². The monoisotopic (exact) mass is 199 g/mol. The van der Waals surface area contributed by atoms with Gasteiger partial charge in [-0.15, -0.1) is 0 Å². The van der Waals surface area contributed by atoms with Crippen LogP contribution >= 0.6 is 0 Å². The van der Waals surface area contributed by atoms with E-state index in [1.807, 2.05) is 0 Å². The van der Waals surface area contributed by atoms with E-state index in [-0.39, 0.29) is 12.1 Å². The summed E-state index contributed by atoms with van der Waals surface area (Å²) in [5.41, 5.74) is 0. The fourth-order valence-corrected chi connectivity index (χ4v) is 2.20. The third-order valence-corrected chi connectivity index (χ3v) is 2.93. The molecule has 0 radical (unpaired) electrons. The predicted octanol–water partition coefficient (Wildman–Crippen LogP) is 0.413. The SMILES string of the molecule is CC(=O)OCC1CN2CCC[C@H]2CO1. The summed E-state index contributed by atoms with van der Waals surface area (Å²) in [6.45, 7) is 4.72. The summed E-state index contributed by atoms with van der Waals surface area (Å²) in [6, 6.07) is 0.614. The molecule has 2 aliphatic rings. The van der Waals surface area contributed by atoms with Gasteiger partial charge in [0.1, 0.15) is 12.7 Å². The average Bonchev–Trinajstić information content (AvgIpc) is 2.61. The van der Waals surface area contributed by atoms with Crippen molar-refractivity contribution in [3.05, 3.63) is 0 Å². The molecule has 0 aromatic carbocycles. The number of carbonyl (C=O) groups is 1. The van der Waals surface area contributed by atoms with Gasteiger partial charge in [-0.25, -0.2) is 0 Å². The summed E-state index contributed by atoms with van der Waals surface area (Å²) in [7, 11) is 0. The summed E-state index contributed by atoms with van der Waals surface area (Å²) >= 11 is 0. The molecular weight excluding hydrogens is 182 g/mol. The molecule has 0 aliphatic carbocycles. The predicted molar refractivity (Wildman–Crippen MR) is 51.0 cm³/mol. The van der Waals surface area contributed by atoms with Gasteiger partial charge in [-0.05, 0) is 19.4 Å². The molecule has 4 heteroatoms. The second-order valence-corrected chi connectivity index (χ2v) is 4.05. The average molecular weight is 199 g/mol. The van der Waals surface area contributed by atoms with Gasteiger partial charge in [0.05, 0.1) is 6.61 Å². The largest absolute Gasteiger partial charge is 0.463 e. The Morgan fingerprint density at radius 1 is 1.64 bits per heavy atom. The van der Waals surface area contributed by atoms with Crippen LogP contribution in [-0.2, 0) is 14.3 Å². The quantitative estimate of drug-likeness (QED) is 0.604. The van der Waals surface area contributed by atoms with Crippen LogP contribution in [0.2, 0.25) is 0 Å². The lowest BCUT2D eigenvalue weighted by Crippen LogP contribution is -2.47. The number of nitrogens with zero attached hydrogens (tertiary/aromatic N) is 1. The number of rotatable bonds is 2. The molecule has 0 saturated carbocycles. The van der Waals surface area contributed by atoms with Crippen LogP contribution in [0.1, 0.15) is 19.8 Å². The van der Waals surface area contributed by atoms with E-state index in [1.54, 1.807) is 0 Å². The van der Waals surface area contributed by atoms with Crippen LogP contribution in [0.4, 0.5) is 0 Å². The van der Waals surface area contributed by atoms with Gasteiger partial charge in [-0.2, -0.15) is 0 Å². The van der Waals surface area contributed by atoms with E-state index in [0.717, 1.165) is 13.2 Å². The molecule has 0 N–H and O–H groups in total. The van der Waals surface area contributed by atoms with Crippen LogP contribution in [0.15, 0.2) is 0 Å². The van der Waals surface area contributed by atoms with Crippen LogP contribution < -0.4 is 0 Å². The Morgan fingerprint density at radius 2 is 2.50 bits per heavy atom. The first-order chi connectivity index (χ1) is 6.75. The summed E-state index contributed by atoms with van der Waals surface area (Å²) < 4.78 is 10.6. The number of carbonyl (C=O) groups excluding carboxylic acids is 1. The number of hydrogen-bond donors (Lipinski definition) is 0. The summed E-state index contributed by atoms with van der Waals surface area (Å²) in [6.07, 6.45) is 2.60. The molecule has 0 bridgehead atoms. The smallest absolute Gasteiger partial charge is 0.302 e. The lowest BCUT2D eigenvalue weighted by molar-refractivity contribution is -0.149. The van der Waals surface area contributed by atoms with Crippen LogP contribution in [0.5, 0.6) is 0 Å². The minimum Gasteiger partial charge on any atom is -0.463 e. The molecular formula is C10H17NO3. The maximum atomic E-state index is 10.6. The topological polar surface area (TPSA) is 38.8 Å². The van der Waals surface area contributed by atoms with Crippen molar-refractivity contribution in [1.29, 1.82) is 0 Å². The molecule has 2 fully saturated rings. The Bertz CT molecular complexity index is 219. The number of morpholine rings is 1. The zero-order valence-corrected chi connectivity index (χ0v) is 8.57. The number of fused-ring (bicyclic) bond motifs is 1. The molecule has 80 valence electrons. The highest BCUT2D eigenvalue weighted by atomic mass is 16.6. The van der Waals surface area contributed by atoms with Gasteiger partial charge in [0.15, 0.2) is 0 Å². The van der Waals surface area contributed by atoms with Gasteiger partial charge in [0.25, 0.3) is 0 Å². The van der Waals surface area contributed by atoms with Crippen molar-refractivity contribution in [1.82, 2.24) is 4.90 Å². The molecule has 2 atom stereocenters. The van der Waals surface area contributed by atoms with Gasteiger partial charge in [0, 0.05) is 19.5 Å². The van der Waals surface area contributed by atoms with Crippen molar-refractivity contribution < 1.29 is 14.3 Å². The molecule has 2 rings (SSSR count). The Hall–Kier alpha value is -0.610. The third-order valence-electron chi connectivity index (χ3n) is 2.93. The van der Waals surface area contributed by atoms with Gasteiger partial charge >= 0.3 is 5.97 Å². The molecule has 0 aromatic heterocycles. The highest BCUT2D eigenvalue weighted by Crippen LogP contribution is 2.22. The second kappa shape index (κ2) is 4.28. The number of esters is 1. The molecule has 4 nitrogen and oxygen atoms in total. The first-order valence-electron chi connectivity index (χ1n) is 5.24. The standard InChI is InChI=1S/C10H17NO3/c1-8(12)13-7-10-5-11-4-2-3-9(11)6-14-10/h9-10H,2-7H2,1H3/t9-,10?/m0/s1. The van der Waals surface area contributed by atoms with Gasteiger partial charge in [-0.1, -0.05) is 0 Å². The Morgan fingerprint density at radius 3 is 3.29 bits per heavy atom. The highest BCUT2D eigenvalue weighted by Gasteiger charge is 2.32. The van der Waals surface area contributed by atoms with Gasteiger partial charge in [0.2, 0.25) is 0 Å². The van der Waals surface area contributed by atoms with E-state index in [2.05, 4.69) is 4.90 Å². The van der Waals surface area contributed by atoms with E-state index in [1.165, 1.54) is 26.3 Å². The minimum atomic E-state index is -0.225. The number of hydrogen-bond acceptors (Lipinski definition) is 4. The molecule has 0 spiro atoms. The maximum absolute atomic E-state index is 10.6. The maximum Gasteiger partial charge on any atom is 0.302 e. The molecule has 0 aromatic rings. The lowest BCUT2D eigenvalue weighted by atomic mass is 10.2. The van der Waals surface area contributed by atoms with E-state index >= 15 is 0 Å². The van der Waals surface area contributed by atoms with Crippen molar-refractivity contribution in [2.45, 2.75) is 31.9 Å². The number of ether oxygens (including phenoxy) is 2. The van der Waals surface area contributed by atoms with Gasteiger partial charge in [-0.3, -0.25) is 9.69 Å². The third kappa shape index (κ3) is 2.25. The highest BCUT2D eigenvalue weighted by molar-refractivity contribution is 5.65. The van der Waals surface area contributed by atoms with Crippen molar-refractivity contribution in [2.24, 2.45) is 0 Å². The zero-order chi connectivity index (χ0) is 9.97. The zero-order valence-electron chi connectivity index (χ0n) is 8.57. The van der Waals surface area contributed by atoms with Crippen LogP contribution in [-0.4, -0.2) is 49.3 Å².